The number of quaternary nitrogens is 1. The quantitative estimate of drug-likeness (QED) is 0.412. The lowest BCUT2D eigenvalue weighted by Crippen LogP contribution is -2.38. The van der Waals surface area contributed by atoms with Crippen LogP contribution in [0, 0.1) is 0 Å². The Hall–Kier alpha value is -1.05. The largest absolute Gasteiger partial charge is 0.283 e. The van der Waals surface area contributed by atoms with Gasteiger partial charge >= 0.3 is 0 Å². The SMILES string of the molecule is C[N+](C)(CCl)c1cccc2ccccc12. The number of halogens is 1. The summed E-state index contributed by atoms with van der Waals surface area (Å²) in [6.07, 6.45) is 0. The summed E-state index contributed by atoms with van der Waals surface area (Å²) >= 11 is 6.00. The molecule has 2 aromatic carbocycles. The van der Waals surface area contributed by atoms with Crippen molar-refractivity contribution in [1.29, 1.82) is 0 Å². The maximum atomic E-state index is 6.00. The molecule has 0 radical (unpaired) electrons. The van der Waals surface area contributed by atoms with Crippen molar-refractivity contribution in [2.75, 3.05) is 20.1 Å². The van der Waals surface area contributed by atoms with Crippen LogP contribution in [-0.4, -0.2) is 20.1 Å². The van der Waals surface area contributed by atoms with Gasteiger partial charge in [0, 0.05) is 5.39 Å². The molecule has 1 nitrogen and oxygen atoms in total. The van der Waals surface area contributed by atoms with Gasteiger partial charge in [-0.15, -0.1) is 0 Å². The van der Waals surface area contributed by atoms with Gasteiger partial charge in [0.2, 0.25) is 0 Å². The van der Waals surface area contributed by atoms with Crippen molar-refractivity contribution in [1.82, 2.24) is 4.48 Å². The van der Waals surface area contributed by atoms with Gasteiger partial charge in [0.05, 0.1) is 14.1 Å². The van der Waals surface area contributed by atoms with E-state index in [-0.39, 0.29) is 0 Å². The van der Waals surface area contributed by atoms with E-state index in [0.29, 0.717) is 10.5 Å². The minimum absolute atomic E-state index is 0.577. The molecule has 2 rings (SSSR count). The van der Waals surface area contributed by atoms with E-state index in [9.17, 15) is 0 Å². The van der Waals surface area contributed by atoms with Gasteiger partial charge in [-0.2, -0.15) is 0 Å². The van der Waals surface area contributed by atoms with Gasteiger partial charge in [0.25, 0.3) is 0 Å². The summed E-state index contributed by atoms with van der Waals surface area (Å²) in [4.78, 5) is 0. The average Bonchev–Trinajstić information content (AvgIpc) is 2.28. The third-order valence-corrected chi connectivity index (χ3v) is 3.32. The minimum atomic E-state index is 0.577. The Bertz CT molecular complexity index is 471. The van der Waals surface area contributed by atoms with Crippen LogP contribution in [0.15, 0.2) is 42.5 Å². The summed E-state index contributed by atoms with van der Waals surface area (Å²) in [6.45, 7) is 0. The molecule has 78 valence electrons. The molecular formula is C13H15ClN+. The number of hydrogen-bond acceptors (Lipinski definition) is 0. The average molecular weight is 221 g/mol. The zero-order valence-electron chi connectivity index (χ0n) is 9.07. The number of fused-ring (bicyclic) bond motifs is 1. The Labute approximate surface area is 95.5 Å². The third-order valence-electron chi connectivity index (χ3n) is 2.72. The summed E-state index contributed by atoms with van der Waals surface area (Å²) in [5.41, 5.74) is 1.27. The van der Waals surface area contributed by atoms with Gasteiger partial charge in [-0.25, -0.2) is 0 Å². The molecule has 0 saturated carbocycles. The Balaban J connectivity index is 2.71. The molecule has 0 bridgehead atoms. The third kappa shape index (κ3) is 1.85. The maximum absolute atomic E-state index is 6.00. The van der Waals surface area contributed by atoms with Gasteiger partial charge in [0.1, 0.15) is 5.69 Å². The maximum Gasteiger partial charge on any atom is 0.159 e. The van der Waals surface area contributed by atoms with Crippen LogP contribution in [-0.2, 0) is 0 Å². The standard InChI is InChI=1S/C13H15ClN/c1-15(2,10-14)13-9-5-7-11-6-3-4-8-12(11)13/h3-9H,10H2,1-2H3/q+1. The number of nitrogens with zero attached hydrogens (tertiary/aromatic N) is 1. The molecule has 0 atom stereocenters. The second-order valence-electron chi connectivity index (χ2n) is 4.30. The van der Waals surface area contributed by atoms with Crippen molar-refractivity contribution in [3.63, 3.8) is 0 Å². The Morgan fingerprint density at radius 1 is 1.00 bits per heavy atom. The Morgan fingerprint density at radius 2 is 1.67 bits per heavy atom. The van der Waals surface area contributed by atoms with E-state index in [1.165, 1.54) is 16.5 Å². The summed E-state index contributed by atoms with van der Waals surface area (Å²) in [5.74, 6) is 0. The van der Waals surface area contributed by atoms with Crippen LogP contribution in [0.25, 0.3) is 10.8 Å². The highest BCUT2D eigenvalue weighted by molar-refractivity contribution is 6.18. The molecule has 0 N–H and O–H groups in total. The van der Waals surface area contributed by atoms with Crippen LogP contribution in [0.1, 0.15) is 0 Å². The van der Waals surface area contributed by atoms with Crippen molar-refractivity contribution in [2.24, 2.45) is 0 Å². The number of hydrogen-bond donors (Lipinski definition) is 0. The normalized spacial score (nSPS) is 11.9. The number of benzene rings is 2. The first kappa shape index (κ1) is 10.5. The lowest BCUT2D eigenvalue weighted by molar-refractivity contribution is 0.467. The molecule has 0 saturated heterocycles. The Kier molecular flexibility index (Phi) is 2.68. The van der Waals surface area contributed by atoms with Gasteiger partial charge in [-0.1, -0.05) is 41.9 Å². The molecule has 0 unspecified atom stereocenters. The second-order valence-corrected chi connectivity index (χ2v) is 4.54. The molecule has 2 heteroatoms. The van der Waals surface area contributed by atoms with Gasteiger partial charge in [-0.05, 0) is 17.5 Å². The van der Waals surface area contributed by atoms with Crippen molar-refractivity contribution >= 4 is 28.1 Å². The summed E-state index contributed by atoms with van der Waals surface area (Å²) in [5, 5.41) is 2.55. The Morgan fingerprint density at radius 3 is 2.40 bits per heavy atom. The first-order valence-corrected chi connectivity index (χ1v) is 5.56. The molecular weight excluding hydrogens is 206 g/mol. The zero-order valence-corrected chi connectivity index (χ0v) is 9.83. The van der Waals surface area contributed by atoms with E-state index in [0.717, 1.165) is 0 Å². The van der Waals surface area contributed by atoms with Crippen molar-refractivity contribution in [3.8, 4) is 0 Å². The van der Waals surface area contributed by atoms with E-state index >= 15 is 0 Å². The van der Waals surface area contributed by atoms with Crippen LogP contribution >= 0.6 is 11.6 Å². The van der Waals surface area contributed by atoms with Gasteiger partial charge in [-0.3, -0.25) is 4.48 Å². The molecule has 0 heterocycles. The highest BCUT2D eigenvalue weighted by Crippen LogP contribution is 2.29. The minimum Gasteiger partial charge on any atom is -0.283 e. The first-order valence-electron chi connectivity index (χ1n) is 5.02. The highest BCUT2D eigenvalue weighted by Gasteiger charge is 2.19. The zero-order chi connectivity index (χ0) is 10.9. The summed E-state index contributed by atoms with van der Waals surface area (Å²) in [6, 6.07) is 15.4. The predicted molar refractivity (Wildman–Crippen MR) is 68.3 cm³/mol. The van der Waals surface area contributed by atoms with Crippen molar-refractivity contribution in [2.45, 2.75) is 0 Å². The molecule has 15 heavy (non-hydrogen) atoms. The number of rotatable bonds is 2. The molecule has 0 aliphatic carbocycles. The summed E-state index contributed by atoms with van der Waals surface area (Å²) in [7, 11) is 4.24. The lowest BCUT2D eigenvalue weighted by Gasteiger charge is -2.27. The van der Waals surface area contributed by atoms with Crippen LogP contribution in [0.2, 0.25) is 0 Å². The summed E-state index contributed by atoms with van der Waals surface area (Å²) < 4.78 is 0.697. The molecule has 0 aromatic heterocycles. The second kappa shape index (κ2) is 3.84. The smallest absolute Gasteiger partial charge is 0.159 e. The molecule has 0 spiro atoms. The first-order chi connectivity index (χ1) is 7.15. The molecule has 0 fully saturated rings. The van der Waals surface area contributed by atoms with E-state index in [4.69, 9.17) is 11.6 Å². The highest BCUT2D eigenvalue weighted by atomic mass is 35.5. The van der Waals surface area contributed by atoms with Crippen molar-refractivity contribution < 1.29 is 0 Å². The van der Waals surface area contributed by atoms with Crippen LogP contribution in [0.5, 0.6) is 0 Å². The molecule has 2 aromatic rings. The van der Waals surface area contributed by atoms with Gasteiger partial charge in [0.15, 0.2) is 6.00 Å². The predicted octanol–water partition coefficient (Wildman–Crippen LogP) is 3.60. The van der Waals surface area contributed by atoms with E-state index < -0.39 is 0 Å². The lowest BCUT2D eigenvalue weighted by atomic mass is 10.1. The van der Waals surface area contributed by atoms with Gasteiger partial charge < -0.3 is 0 Å². The molecule has 0 aliphatic rings. The van der Waals surface area contributed by atoms with E-state index in [1.807, 2.05) is 0 Å². The number of alkyl halides is 1. The van der Waals surface area contributed by atoms with Crippen LogP contribution in [0.4, 0.5) is 5.69 Å². The van der Waals surface area contributed by atoms with E-state index in [2.05, 4.69) is 56.6 Å². The van der Waals surface area contributed by atoms with E-state index in [1.54, 1.807) is 0 Å². The monoisotopic (exact) mass is 220 g/mol. The topological polar surface area (TPSA) is 0 Å². The molecule has 0 aliphatic heterocycles. The molecule has 0 amide bonds. The fourth-order valence-electron chi connectivity index (χ4n) is 1.80. The van der Waals surface area contributed by atoms with Crippen molar-refractivity contribution in [3.05, 3.63) is 42.5 Å². The van der Waals surface area contributed by atoms with Crippen LogP contribution in [0.3, 0.4) is 0 Å². The van der Waals surface area contributed by atoms with Crippen LogP contribution < -0.4 is 4.48 Å². The fraction of sp³-hybridized carbons (Fsp3) is 0.231. The fourth-order valence-corrected chi connectivity index (χ4v) is 1.93.